The van der Waals surface area contributed by atoms with Crippen molar-refractivity contribution >= 4 is 5.91 Å². The van der Waals surface area contributed by atoms with Crippen molar-refractivity contribution in [1.29, 1.82) is 0 Å². The zero-order chi connectivity index (χ0) is 9.80. The highest BCUT2D eigenvalue weighted by Gasteiger charge is 2.26. The largest absolute Gasteiger partial charge is 0.353 e. The molecule has 0 unspecified atom stereocenters. The van der Waals surface area contributed by atoms with Gasteiger partial charge in [-0.15, -0.1) is 0 Å². The fourth-order valence-corrected chi connectivity index (χ4v) is 2.89. The molecule has 1 heterocycles. The van der Waals surface area contributed by atoms with Crippen LogP contribution in [-0.4, -0.2) is 11.9 Å². The van der Waals surface area contributed by atoms with Crippen LogP contribution < -0.4 is 5.32 Å². The van der Waals surface area contributed by atoms with Crippen LogP contribution >= 0.6 is 0 Å². The quantitative estimate of drug-likeness (QED) is 0.684. The van der Waals surface area contributed by atoms with Gasteiger partial charge in [0.2, 0.25) is 5.91 Å². The molecule has 80 valence electrons. The van der Waals surface area contributed by atoms with Crippen molar-refractivity contribution in [2.24, 2.45) is 5.92 Å². The Morgan fingerprint density at radius 2 is 1.64 bits per heavy atom. The monoisotopic (exact) mass is 195 g/mol. The van der Waals surface area contributed by atoms with E-state index >= 15 is 0 Å². The summed E-state index contributed by atoms with van der Waals surface area (Å²) in [4.78, 5) is 11.4. The van der Waals surface area contributed by atoms with Crippen LogP contribution in [0.15, 0.2) is 0 Å². The van der Waals surface area contributed by atoms with Crippen molar-refractivity contribution in [2.75, 3.05) is 0 Å². The van der Waals surface area contributed by atoms with Crippen LogP contribution in [0.1, 0.15) is 57.8 Å². The molecule has 0 radical (unpaired) electrons. The first-order valence-electron chi connectivity index (χ1n) is 6.15. The van der Waals surface area contributed by atoms with E-state index in [0.717, 1.165) is 18.8 Å². The minimum atomic E-state index is 0.290. The first kappa shape index (κ1) is 10.0. The SMILES string of the molecule is O=C1CCCC[C@H](C2CCCCC2)N1. The maximum atomic E-state index is 11.4. The van der Waals surface area contributed by atoms with E-state index in [1.807, 2.05) is 0 Å². The first-order valence-corrected chi connectivity index (χ1v) is 6.15. The summed E-state index contributed by atoms with van der Waals surface area (Å²) in [5.41, 5.74) is 0. The number of carbonyl (C=O) groups is 1. The van der Waals surface area contributed by atoms with Crippen LogP contribution in [0, 0.1) is 5.92 Å². The highest BCUT2D eigenvalue weighted by atomic mass is 16.1. The molecule has 1 N–H and O–H groups in total. The van der Waals surface area contributed by atoms with Crippen molar-refractivity contribution in [3.8, 4) is 0 Å². The molecule has 1 saturated carbocycles. The van der Waals surface area contributed by atoms with Gasteiger partial charge in [-0.2, -0.15) is 0 Å². The smallest absolute Gasteiger partial charge is 0.220 e. The molecule has 1 saturated heterocycles. The number of nitrogens with one attached hydrogen (secondary N) is 1. The lowest BCUT2D eigenvalue weighted by Crippen LogP contribution is -2.39. The average molecular weight is 195 g/mol. The van der Waals surface area contributed by atoms with Crippen LogP contribution in [0.2, 0.25) is 0 Å². The van der Waals surface area contributed by atoms with Crippen molar-refractivity contribution < 1.29 is 4.79 Å². The minimum Gasteiger partial charge on any atom is -0.353 e. The van der Waals surface area contributed by atoms with Crippen molar-refractivity contribution in [1.82, 2.24) is 5.32 Å². The average Bonchev–Trinajstić information content (AvgIpc) is 2.44. The number of amides is 1. The summed E-state index contributed by atoms with van der Waals surface area (Å²) in [5.74, 6) is 1.07. The van der Waals surface area contributed by atoms with Gasteiger partial charge in [0.05, 0.1) is 0 Å². The number of hydrogen-bond donors (Lipinski definition) is 1. The van der Waals surface area contributed by atoms with E-state index in [9.17, 15) is 4.79 Å². The topological polar surface area (TPSA) is 29.1 Å². The number of carbonyl (C=O) groups excluding carboxylic acids is 1. The van der Waals surface area contributed by atoms with Gasteiger partial charge in [0.15, 0.2) is 0 Å². The van der Waals surface area contributed by atoms with Gasteiger partial charge in [0.25, 0.3) is 0 Å². The fourth-order valence-electron chi connectivity index (χ4n) is 2.89. The zero-order valence-electron chi connectivity index (χ0n) is 8.93. The highest BCUT2D eigenvalue weighted by molar-refractivity contribution is 5.76. The van der Waals surface area contributed by atoms with Crippen molar-refractivity contribution in [3.63, 3.8) is 0 Å². The lowest BCUT2D eigenvalue weighted by Gasteiger charge is -2.29. The minimum absolute atomic E-state index is 0.290. The van der Waals surface area contributed by atoms with Crippen LogP contribution in [-0.2, 0) is 4.79 Å². The summed E-state index contributed by atoms with van der Waals surface area (Å²) < 4.78 is 0. The summed E-state index contributed by atoms with van der Waals surface area (Å²) in [6, 6.07) is 0.505. The molecule has 2 heteroatoms. The normalized spacial score (nSPS) is 30.9. The number of hydrogen-bond acceptors (Lipinski definition) is 1. The van der Waals surface area contributed by atoms with Gasteiger partial charge in [-0.3, -0.25) is 4.79 Å². The molecule has 0 aromatic rings. The third kappa shape index (κ3) is 2.49. The molecule has 1 aliphatic carbocycles. The molecule has 1 aliphatic heterocycles. The summed E-state index contributed by atoms with van der Waals surface area (Å²) in [7, 11) is 0. The molecule has 2 nitrogen and oxygen atoms in total. The van der Waals surface area contributed by atoms with Gasteiger partial charge in [-0.05, 0) is 31.6 Å². The second-order valence-electron chi connectivity index (χ2n) is 4.82. The summed E-state index contributed by atoms with van der Waals surface area (Å²) >= 11 is 0. The Labute approximate surface area is 86.5 Å². The predicted molar refractivity (Wildman–Crippen MR) is 57.0 cm³/mol. The van der Waals surface area contributed by atoms with E-state index in [2.05, 4.69) is 5.32 Å². The first-order chi connectivity index (χ1) is 6.86. The van der Waals surface area contributed by atoms with Gasteiger partial charge in [-0.25, -0.2) is 0 Å². The molecule has 0 spiro atoms. The summed E-state index contributed by atoms with van der Waals surface area (Å²) in [6.45, 7) is 0. The van der Waals surface area contributed by atoms with Crippen LogP contribution in [0.5, 0.6) is 0 Å². The molecule has 0 aromatic heterocycles. The van der Waals surface area contributed by atoms with E-state index < -0.39 is 0 Å². The molecule has 2 aliphatic rings. The number of rotatable bonds is 1. The summed E-state index contributed by atoms with van der Waals surface area (Å²) in [5, 5.41) is 3.21. The molecule has 2 rings (SSSR count). The third-order valence-corrected chi connectivity index (χ3v) is 3.73. The molecule has 14 heavy (non-hydrogen) atoms. The lowest BCUT2D eigenvalue weighted by atomic mass is 9.82. The van der Waals surface area contributed by atoms with Crippen molar-refractivity contribution in [3.05, 3.63) is 0 Å². The van der Waals surface area contributed by atoms with Crippen LogP contribution in [0.4, 0.5) is 0 Å². The van der Waals surface area contributed by atoms with Crippen LogP contribution in [0.3, 0.4) is 0 Å². The Morgan fingerprint density at radius 1 is 0.929 bits per heavy atom. The molecule has 1 atom stereocenters. The summed E-state index contributed by atoms with van der Waals surface area (Å²) in [6.07, 6.45) is 11.1. The molecule has 1 amide bonds. The molecular weight excluding hydrogens is 174 g/mol. The highest BCUT2D eigenvalue weighted by Crippen LogP contribution is 2.29. The second kappa shape index (κ2) is 4.81. The Bertz CT molecular complexity index is 196. The Balaban J connectivity index is 1.90. The van der Waals surface area contributed by atoms with E-state index in [0.29, 0.717) is 6.04 Å². The van der Waals surface area contributed by atoms with Gasteiger partial charge < -0.3 is 5.32 Å². The fraction of sp³-hybridized carbons (Fsp3) is 0.917. The molecule has 0 aromatic carbocycles. The zero-order valence-corrected chi connectivity index (χ0v) is 8.93. The van der Waals surface area contributed by atoms with Gasteiger partial charge in [-0.1, -0.05) is 25.7 Å². The molecule has 0 bridgehead atoms. The van der Waals surface area contributed by atoms with Gasteiger partial charge in [0.1, 0.15) is 0 Å². The molecule has 2 fully saturated rings. The Kier molecular flexibility index (Phi) is 3.44. The maximum absolute atomic E-state index is 11.4. The van der Waals surface area contributed by atoms with E-state index in [1.165, 1.54) is 44.9 Å². The standard InChI is InChI=1S/C12H21NO/c14-12-9-5-4-8-11(13-12)10-6-2-1-3-7-10/h10-11H,1-9H2,(H,13,14)/t11-/m1/s1. The predicted octanol–water partition coefficient (Wildman–Crippen LogP) is 2.63. The van der Waals surface area contributed by atoms with E-state index in [-0.39, 0.29) is 5.91 Å². The second-order valence-corrected chi connectivity index (χ2v) is 4.82. The van der Waals surface area contributed by atoms with Gasteiger partial charge >= 0.3 is 0 Å². The molecular formula is C12H21NO. The Morgan fingerprint density at radius 3 is 2.43 bits per heavy atom. The Hall–Kier alpha value is -0.530. The third-order valence-electron chi connectivity index (χ3n) is 3.73. The van der Waals surface area contributed by atoms with Crippen molar-refractivity contribution in [2.45, 2.75) is 63.8 Å². The van der Waals surface area contributed by atoms with E-state index in [1.54, 1.807) is 0 Å². The van der Waals surface area contributed by atoms with Gasteiger partial charge in [0, 0.05) is 12.5 Å². The lowest BCUT2D eigenvalue weighted by molar-refractivity contribution is -0.121. The van der Waals surface area contributed by atoms with Crippen LogP contribution in [0.25, 0.3) is 0 Å². The maximum Gasteiger partial charge on any atom is 0.220 e. The van der Waals surface area contributed by atoms with E-state index in [4.69, 9.17) is 0 Å².